The molecular formula is C26H21F4N3O3S. The number of benzene rings is 2. The van der Waals surface area contributed by atoms with Gasteiger partial charge in [0, 0.05) is 23.7 Å². The van der Waals surface area contributed by atoms with Crippen LogP contribution < -0.4 is 5.32 Å². The zero-order valence-electron chi connectivity index (χ0n) is 19.7. The highest BCUT2D eigenvalue weighted by molar-refractivity contribution is 7.90. The summed E-state index contributed by atoms with van der Waals surface area (Å²) in [6.45, 7) is 1.44. The van der Waals surface area contributed by atoms with Gasteiger partial charge in [0.05, 0.1) is 34.0 Å². The van der Waals surface area contributed by atoms with E-state index in [4.69, 9.17) is 0 Å². The molecule has 0 unspecified atom stereocenters. The Labute approximate surface area is 210 Å². The van der Waals surface area contributed by atoms with E-state index in [0.717, 1.165) is 18.4 Å². The van der Waals surface area contributed by atoms with E-state index in [1.807, 2.05) is 0 Å². The second-order valence-corrected chi connectivity index (χ2v) is 10.4. The van der Waals surface area contributed by atoms with Crippen LogP contribution in [0.25, 0.3) is 11.3 Å². The summed E-state index contributed by atoms with van der Waals surface area (Å²) < 4.78 is 80.0. The van der Waals surface area contributed by atoms with Crippen LogP contribution >= 0.6 is 0 Å². The van der Waals surface area contributed by atoms with Crippen LogP contribution in [0.5, 0.6) is 0 Å². The van der Waals surface area contributed by atoms with Crippen molar-refractivity contribution in [1.29, 1.82) is 0 Å². The quantitative estimate of drug-likeness (QED) is 0.255. The first kappa shape index (κ1) is 26.1. The third-order valence-corrected chi connectivity index (χ3v) is 6.84. The summed E-state index contributed by atoms with van der Waals surface area (Å²) in [5.41, 5.74) is 0.0385. The number of sulfone groups is 1. The number of nitrogens with one attached hydrogen (secondary N) is 1. The predicted octanol–water partition coefficient (Wildman–Crippen LogP) is 5.72. The van der Waals surface area contributed by atoms with E-state index >= 15 is 0 Å². The molecule has 37 heavy (non-hydrogen) atoms. The number of anilines is 1. The normalized spacial score (nSPS) is 11.9. The van der Waals surface area contributed by atoms with Crippen molar-refractivity contribution in [3.05, 3.63) is 101 Å². The van der Waals surface area contributed by atoms with E-state index in [1.165, 1.54) is 72.3 Å². The van der Waals surface area contributed by atoms with Crippen molar-refractivity contribution in [3.8, 4) is 11.3 Å². The van der Waals surface area contributed by atoms with Gasteiger partial charge >= 0.3 is 6.18 Å². The molecule has 4 aromatic rings. The first-order chi connectivity index (χ1) is 17.3. The lowest BCUT2D eigenvalue weighted by molar-refractivity contribution is -0.137. The number of carbonyl (C=O) groups excluding carboxylic acids is 1. The number of hydrogen-bond acceptors (Lipinski definition) is 4. The first-order valence-electron chi connectivity index (χ1n) is 10.9. The Morgan fingerprint density at radius 2 is 1.68 bits per heavy atom. The van der Waals surface area contributed by atoms with Crippen LogP contribution in [0.1, 0.15) is 27.2 Å². The van der Waals surface area contributed by atoms with Gasteiger partial charge in [0.15, 0.2) is 9.84 Å². The fraction of sp³-hybridized carbons (Fsp3) is 0.154. The van der Waals surface area contributed by atoms with Gasteiger partial charge in [-0.25, -0.2) is 13.4 Å². The smallest absolute Gasteiger partial charge is 0.340 e. The average Bonchev–Trinajstić information content (AvgIpc) is 3.14. The SMILES string of the molecule is Cc1c(C(=O)Nc2ccc(S(C)(=O)=O)cc2)cn(Cc2cccc(F)n2)c1-c1ccccc1C(F)(F)F. The summed E-state index contributed by atoms with van der Waals surface area (Å²) in [5, 5.41) is 2.64. The maximum Gasteiger partial charge on any atom is 0.417 e. The monoisotopic (exact) mass is 531 g/mol. The Bertz CT molecular complexity index is 1580. The Morgan fingerprint density at radius 3 is 2.30 bits per heavy atom. The lowest BCUT2D eigenvalue weighted by atomic mass is 10.00. The lowest BCUT2D eigenvalue weighted by Crippen LogP contribution is -2.12. The second-order valence-electron chi connectivity index (χ2n) is 8.39. The Kier molecular flexibility index (Phi) is 6.92. The molecule has 0 aliphatic carbocycles. The number of amides is 1. The van der Waals surface area contributed by atoms with Gasteiger partial charge in [0.25, 0.3) is 5.91 Å². The fourth-order valence-electron chi connectivity index (χ4n) is 4.00. The molecule has 192 valence electrons. The van der Waals surface area contributed by atoms with Crippen molar-refractivity contribution in [1.82, 2.24) is 9.55 Å². The molecule has 1 amide bonds. The molecule has 0 bridgehead atoms. The summed E-state index contributed by atoms with van der Waals surface area (Å²) in [5.74, 6) is -1.35. The first-order valence-corrected chi connectivity index (χ1v) is 12.8. The Morgan fingerprint density at radius 1 is 1.00 bits per heavy atom. The van der Waals surface area contributed by atoms with E-state index in [0.29, 0.717) is 5.69 Å². The number of nitrogens with zero attached hydrogens (tertiary/aromatic N) is 2. The van der Waals surface area contributed by atoms with E-state index < -0.39 is 33.4 Å². The molecule has 0 radical (unpaired) electrons. The summed E-state index contributed by atoms with van der Waals surface area (Å²) in [7, 11) is -3.43. The highest BCUT2D eigenvalue weighted by atomic mass is 32.2. The maximum atomic E-state index is 13.9. The number of alkyl halides is 3. The van der Waals surface area contributed by atoms with Crippen LogP contribution in [0.3, 0.4) is 0 Å². The molecular weight excluding hydrogens is 510 g/mol. The summed E-state index contributed by atoms with van der Waals surface area (Å²) in [6, 6.07) is 14.6. The van der Waals surface area contributed by atoms with Gasteiger partial charge in [-0.15, -0.1) is 0 Å². The summed E-state index contributed by atoms with van der Waals surface area (Å²) in [4.78, 5) is 17.0. The number of halogens is 4. The molecule has 4 rings (SSSR count). The van der Waals surface area contributed by atoms with Crippen molar-refractivity contribution >= 4 is 21.4 Å². The maximum absolute atomic E-state index is 13.9. The van der Waals surface area contributed by atoms with Gasteiger partial charge < -0.3 is 9.88 Å². The Hall–Kier alpha value is -3.99. The minimum absolute atomic E-state index is 0.0708. The topological polar surface area (TPSA) is 81.1 Å². The number of rotatable bonds is 6. The van der Waals surface area contributed by atoms with Gasteiger partial charge in [-0.05, 0) is 55.0 Å². The van der Waals surface area contributed by atoms with Crippen molar-refractivity contribution in [2.24, 2.45) is 0 Å². The highest BCUT2D eigenvalue weighted by Gasteiger charge is 2.35. The van der Waals surface area contributed by atoms with Crippen LogP contribution in [0, 0.1) is 12.9 Å². The molecule has 0 saturated carbocycles. The predicted molar refractivity (Wildman–Crippen MR) is 130 cm³/mol. The summed E-state index contributed by atoms with van der Waals surface area (Å²) >= 11 is 0. The zero-order chi connectivity index (χ0) is 27.0. The van der Waals surface area contributed by atoms with E-state index in [9.17, 15) is 30.8 Å². The largest absolute Gasteiger partial charge is 0.417 e. The lowest BCUT2D eigenvalue weighted by Gasteiger charge is -2.16. The Balaban J connectivity index is 1.79. The standard InChI is InChI=1S/C26H21F4N3O3S/c1-16-21(25(34)32-17-10-12-19(13-11-17)37(2,35)36)15-33(14-18-6-5-9-23(27)31-18)24(16)20-7-3-4-8-22(20)26(28,29)30/h3-13,15H,14H2,1-2H3,(H,32,34). The van der Waals surface area contributed by atoms with E-state index in [1.54, 1.807) is 0 Å². The fourth-order valence-corrected chi connectivity index (χ4v) is 4.63. The van der Waals surface area contributed by atoms with Gasteiger partial charge in [-0.3, -0.25) is 4.79 Å². The van der Waals surface area contributed by atoms with Crippen molar-refractivity contribution in [2.75, 3.05) is 11.6 Å². The second kappa shape index (κ2) is 9.81. The zero-order valence-corrected chi connectivity index (χ0v) is 20.5. The van der Waals surface area contributed by atoms with E-state index in [2.05, 4.69) is 10.3 Å². The molecule has 2 aromatic carbocycles. The molecule has 11 heteroatoms. The molecule has 0 atom stereocenters. The molecule has 0 saturated heterocycles. The van der Waals surface area contributed by atoms with Crippen LogP contribution in [0.4, 0.5) is 23.2 Å². The number of hydrogen-bond donors (Lipinski definition) is 1. The van der Waals surface area contributed by atoms with Crippen molar-refractivity contribution in [3.63, 3.8) is 0 Å². The number of aromatic nitrogens is 2. The summed E-state index contributed by atoms with van der Waals surface area (Å²) in [6.07, 6.45) is -2.20. The van der Waals surface area contributed by atoms with Crippen LogP contribution in [0.2, 0.25) is 0 Å². The number of carbonyl (C=O) groups is 1. The van der Waals surface area contributed by atoms with Crippen LogP contribution in [-0.4, -0.2) is 30.1 Å². The highest BCUT2D eigenvalue weighted by Crippen LogP contribution is 2.39. The van der Waals surface area contributed by atoms with Gasteiger partial charge in [0.1, 0.15) is 0 Å². The number of pyridine rings is 1. The molecule has 0 spiro atoms. The van der Waals surface area contributed by atoms with Crippen LogP contribution in [-0.2, 0) is 22.6 Å². The molecule has 1 N–H and O–H groups in total. The van der Waals surface area contributed by atoms with Gasteiger partial charge in [-0.1, -0.05) is 24.3 Å². The third kappa shape index (κ3) is 5.72. The van der Waals surface area contributed by atoms with Crippen molar-refractivity contribution in [2.45, 2.75) is 24.5 Å². The molecule has 2 heterocycles. The van der Waals surface area contributed by atoms with Gasteiger partial charge in [0.2, 0.25) is 5.95 Å². The third-order valence-electron chi connectivity index (χ3n) is 5.71. The minimum Gasteiger partial charge on any atom is -0.340 e. The minimum atomic E-state index is -4.65. The molecule has 6 nitrogen and oxygen atoms in total. The van der Waals surface area contributed by atoms with Gasteiger partial charge in [-0.2, -0.15) is 17.6 Å². The molecule has 0 aliphatic heterocycles. The van der Waals surface area contributed by atoms with Crippen molar-refractivity contribution < 1.29 is 30.8 Å². The molecule has 0 fully saturated rings. The molecule has 0 aliphatic rings. The molecule has 2 aromatic heterocycles. The van der Waals surface area contributed by atoms with E-state index in [-0.39, 0.29) is 39.5 Å². The average molecular weight is 532 g/mol. The van der Waals surface area contributed by atoms with Crippen LogP contribution in [0.15, 0.2) is 77.8 Å².